The van der Waals surface area contributed by atoms with E-state index in [0.717, 1.165) is 10.5 Å². The van der Waals surface area contributed by atoms with Crippen LogP contribution in [0, 0.1) is 5.92 Å². The van der Waals surface area contributed by atoms with Gasteiger partial charge in [0.1, 0.15) is 24.2 Å². The Bertz CT molecular complexity index is 992. The number of rotatable bonds is 11. The van der Waals surface area contributed by atoms with Crippen LogP contribution in [0.1, 0.15) is 49.5 Å². The van der Waals surface area contributed by atoms with Gasteiger partial charge in [-0.15, -0.1) is 0 Å². The first-order valence-electron chi connectivity index (χ1n) is 11.0. The summed E-state index contributed by atoms with van der Waals surface area (Å²) >= 11 is 3.45. The second-order valence-corrected chi connectivity index (χ2v) is 8.74. The van der Waals surface area contributed by atoms with Gasteiger partial charge < -0.3 is 23.7 Å². The summed E-state index contributed by atoms with van der Waals surface area (Å²) in [6, 6.07) is 10.2. The van der Waals surface area contributed by atoms with E-state index in [1.165, 1.54) is 6.92 Å². The van der Waals surface area contributed by atoms with Crippen molar-refractivity contribution in [3.8, 4) is 0 Å². The molecule has 1 fully saturated rings. The van der Waals surface area contributed by atoms with Gasteiger partial charge in [-0.2, -0.15) is 0 Å². The first-order chi connectivity index (χ1) is 16.3. The molecule has 1 aliphatic rings. The number of imide groups is 1. The van der Waals surface area contributed by atoms with Crippen LogP contribution in [0.5, 0.6) is 0 Å². The Kier molecular flexibility index (Phi) is 9.26. The number of benzene rings is 1. The Balaban J connectivity index is 1.79. The van der Waals surface area contributed by atoms with Crippen molar-refractivity contribution >= 4 is 33.9 Å². The number of aliphatic hydroxyl groups excluding tert-OH is 1. The van der Waals surface area contributed by atoms with Gasteiger partial charge in [0.05, 0.1) is 23.6 Å². The number of carbonyl (C=O) groups excluding carboxylic acids is 3. The summed E-state index contributed by atoms with van der Waals surface area (Å²) in [6.45, 7) is 3.56. The Morgan fingerprint density at radius 2 is 2.00 bits per heavy atom. The van der Waals surface area contributed by atoms with Crippen LogP contribution < -0.4 is 0 Å². The third-order valence-corrected chi connectivity index (χ3v) is 6.09. The average molecular weight is 538 g/mol. The molecule has 1 aromatic heterocycles. The molecule has 10 heteroatoms. The second-order valence-electron chi connectivity index (χ2n) is 7.89. The molecule has 3 atom stereocenters. The van der Waals surface area contributed by atoms with E-state index in [9.17, 15) is 14.4 Å². The van der Waals surface area contributed by atoms with Gasteiger partial charge in [0.2, 0.25) is 5.91 Å². The average Bonchev–Trinajstić information content (AvgIpc) is 3.39. The minimum atomic E-state index is -1.04. The van der Waals surface area contributed by atoms with Crippen molar-refractivity contribution in [2.45, 2.75) is 38.8 Å². The highest BCUT2D eigenvalue weighted by Gasteiger charge is 2.44. The van der Waals surface area contributed by atoms with E-state index in [4.69, 9.17) is 23.7 Å². The van der Waals surface area contributed by atoms with E-state index in [1.54, 1.807) is 13.0 Å². The topological polar surface area (TPSA) is 116 Å². The number of aryl methyl sites for hydroxylation is 1. The van der Waals surface area contributed by atoms with Crippen LogP contribution in [-0.4, -0.2) is 54.4 Å². The quantitative estimate of drug-likeness (QED) is 0.338. The summed E-state index contributed by atoms with van der Waals surface area (Å²) in [5.41, 5.74) is 0.768. The first-order valence-corrected chi connectivity index (χ1v) is 11.8. The first kappa shape index (κ1) is 25.9. The molecule has 0 saturated carbocycles. The number of amides is 2. The van der Waals surface area contributed by atoms with Crippen molar-refractivity contribution in [2.24, 2.45) is 5.92 Å². The monoisotopic (exact) mass is 537 g/mol. The lowest BCUT2D eigenvalue weighted by Gasteiger charge is -2.27. The Hall–Kier alpha value is -2.69. The van der Waals surface area contributed by atoms with Gasteiger partial charge in [0, 0.05) is 20.0 Å². The van der Waals surface area contributed by atoms with Crippen molar-refractivity contribution in [1.29, 1.82) is 0 Å². The van der Waals surface area contributed by atoms with Crippen LogP contribution in [-0.2, 0) is 30.2 Å². The molecular weight excluding hydrogens is 510 g/mol. The highest BCUT2D eigenvalue weighted by molar-refractivity contribution is 9.10. The van der Waals surface area contributed by atoms with Crippen molar-refractivity contribution in [3.05, 3.63) is 58.0 Å². The number of ether oxygens (including phenoxy) is 3. The van der Waals surface area contributed by atoms with E-state index in [-0.39, 0.29) is 25.6 Å². The van der Waals surface area contributed by atoms with Gasteiger partial charge in [-0.05, 0) is 40.9 Å². The predicted molar refractivity (Wildman–Crippen MR) is 124 cm³/mol. The van der Waals surface area contributed by atoms with Gasteiger partial charge in [0.25, 0.3) is 0 Å². The fraction of sp³-hybridized carbons (Fsp3) is 0.458. The SMILES string of the molecule is CC(=O)OC(c1cc(Br)c(CCCOCCO)o1)C(C)C(=O)N1C(=O)OCC1c1ccccc1. The molecule has 0 radical (unpaired) electrons. The molecular formula is C24H28BrNO8. The molecule has 0 bridgehead atoms. The third kappa shape index (κ3) is 6.25. The molecule has 9 nitrogen and oxygen atoms in total. The number of esters is 1. The van der Waals surface area contributed by atoms with Gasteiger partial charge in [-0.25, -0.2) is 9.69 Å². The van der Waals surface area contributed by atoms with Gasteiger partial charge in [-0.1, -0.05) is 30.3 Å². The maximum absolute atomic E-state index is 13.4. The minimum Gasteiger partial charge on any atom is -0.461 e. The van der Waals surface area contributed by atoms with Gasteiger partial charge in [0.15, 0.2) is 6.10 Å². The fourth-order valence-electron chi connectivity index (χ4n) is 3.76. The van der Waals surface area contributed by atoms with E-state index in [2.05, 4.69) is 15.9 Å². The lowest BCUT2D eigenvalue weighted by atomic mass is 9.98. The maximum atomic E-state index is 13.4. The van der Waals surface area contributed by atoms with Crippen LogP contribution in [0.15, 0.2) is 45.3 Å². The van der Waals surface area contributed by atoms with E-state index < -0.39 is 36.0 Å². The van der Waals surface area contributed by atoms with Crippen LogP contribution in [0.4, 0.5) is 4.79 Å². The summed E-state index contributed by atoms with van der Waals surface area (Å²) in [7, 11) is 0. The van der Waals surface area contributed by atoms with Crippen molar-refractivity contribution < 1.29 is 38.1 Å². The van der Waals surface area contributed by atoms with E-state index >= 15 is 0 Å². The van der Waals surface area contributed by atoms with E-state index in [0.29, 0.717) is 29.7 Å². The smallest absolute Gasteiger partial charge is 0.417 e. The molecule has 3 unspecified atom stereocenters. The maximum Gasteiger partial charge on any atom is 0.417 e. The van der Waals surface area contributed by atoms with Crippen LogP contribution >= 0.6 is 15.9 Å². The fourth-order valence-corrected chi connectivity index (χ4v) is 4.26. The molecule has 1 N–H and O–H groups in total. The standard InChI is InChI=1S/C24H28BrNO8/c1-15(23(29)26-19(14-32-24(26)30)17-7-4-3-5-8-17)22(33-16(2)28)21-13-18(25)20(34-21)9-6-11-31-12-10-27/h3-5,7-8,13,15,19,22,27H,6,9-12,14H2,1-2H3. The number of hydrogen-bond acceptors (Lipinski definition) is 8. The lowest BCUT2D eigenvalue weighted by Crippen LogP contribution is -2.40. The Morgan fingerprint density at radius 1 is 1.26 bits per heavy atom. The van der Waals surface area contributed by atoms with Gasteiger partial charge in [-0.3, -0.25) is 9.59 Å². The highest BCUT2D eigenvalue weighted by Crippen LogP contribution is 2.36. The predicted octanol–water partition coefficient (Wildman–Crippen LogP) is 3.94. The molecule has 0 spiro atoms. The number of hydrogen-bond donors (Lipinski definition) is 1. The summed E-state index contributed by atoms with van der Waals surface area (Å²) in [5.74, 6) is -1.13. The number of halogens is 1. The van der Waals surface area contributed by atoms with Crippen molar-refractivity contribution in [3.63, 3.8) is 0 Å². The number of carbonyl (C=O) groups is 3. The summed E-state index contributed by atoms with van der Waals surface area (Å²) in [6.07, 6.45) is -0.589. The summed E-state index contributed by atoms with van der Waals surface area (Å²) in [5, 5.41) is 8.78. The molecule has 184 valence electrons. The molecule has 2 aromatic rings. The second kappa shape index (κ2) is 12.1. The van der Waals surface area contributed by atoms with E-state index in [1.807, 2.05) is 30.3 Å². The highest BCUT2D eigenvalue weighted by atomic mass is 79.9. The zero-order valence-electron chi connectivity index (χ0n) is 19.1. The van der Waals surface area contributed by atoms with Crippen molar-refractivity contribution in [1.82, 2.24) is 4.90 Å². The normalized spacial score (nSPS) is 17.4. The molecule has 1 aromatic carbocycles. The number of aliphatic hydroxyl groups is 1. The zero-order valence-corrected chi connectivity index (χ0v) is 20.7. The molecule has 1 saturated heterocycles. The molecule has 34 heavy (non-hydrogen) atoms. The Morgan fingerprint density at radius 3 is 2.68 bits per heavy atom. The molecule has 1 aliphatic heterocycles. The Labute approximate surface area is 206 Å². The summed E-state index contributed by atoms with van der Waals surface area (Å²) in [4.78, 5) is 38.8. The number of furan rings is 1. The molecule has 2 amide bonds. The molecule has 0 aliphatic carbocycles. The zero-order chi connectivity index (χ0) is 24.7. The summed E-state index contributed by atoms with van der Waals surface area (Å²) < 4.78 is 22.5. The minimum absolute atomic E-state index is 0.0414. The third-order valence-electron chi connectivity index (χ3n) is 5.42. The molecule has 2 heterocycles. The van der Waals surface area contributed by atoms with Crippen LogP contribution in [0.2, 0.25) is 0 Å². The van der Waals surface area contributed by atoms with Crippen molar-refractivity contribution in [2.75, 3.05) is 26.4 Å². The number of cyclic esters (lactones) is 1. The lowest BCUT2D eigenvalue weighted by molar-refractivity contribution is -0.154. The van der Waals surface area contributed by atoms with Crippen LogP contribution in [0.3, 0.4) is 0 Å². The van der Waals surface area contributed by atoms with Crippen LogP contribution in [0.25, 0.3) is 0 Å². The van der Waals surface area contributed by atoms with Gasteiger partial charge >= 0.3 is 12.1 Å². The molecule has 3 rings (SSSR count). The largest absolute Gasteiger partial charge is 0.461 e. The number of nitrogens with zero attached hydrogens (tertiary/aromatic N) is 1.